The molecule has 0 aromatic heterocycles. The maximum Gasteiger partial charge on any atom is 0.416 e. The van der Waals surface area contributed by atoms with Crippen molar-refractivity contribution < 1.29 is 23.2 Å². The zero-order valence-corrected chi connectivity index (χ0v) is 13.3. The molecule has 10 heteroatoms. The van der Waals surface area contributed by atoms with E-state index in [1.807, 2.05) is 0 Å². The van der Waals surface area contributed by atoms with Crippen molar-refractivity contribution in [2.45, 2.75) is 6.18 Å². The normalized spacial score (nSPS) is 11.7. The molecule has 0 heterocycles. The Hall–Kier alpha value is -2.62. The number of nitrogens with one attached hydrogen (secondary N) is 1. The van der Waals surface area contributed by atoms with Crippen LogP contribution in [0.4, 0.5) is 24.5 Å². The Kier molecular flexibility index (Phi) is 5.07. The molecule has 0 amide bonds. The van der Waals surface area contributed by atoms with Gasteiger partial charge in [-0.3, -0.25) is 15.5 Å². The van der Waals surface area contributed by atoms with Crippen LogP contribution >= 0.6 is 15.9 Å². The Bertz CT molecular complexity index is 792. The Morgan fingerprint density at radius 2 is 1.88 bits per heavy atom. The number of nitro benzene ring substituents is 1. The van der Waals surface area contributed by atoms with Gasteiger partial charge in [0.1, 0.15) is 5.75 Å². The molecule has 0 bridgehead atoms. The second-order valence-corrected chi connectivity index (χ2v) is 5.42. The lowest BCUT2D eigenvalue weighted by Gasteiger charge is -2.07. The Labute approximate surface area is 141 Å². The van der Waals surface area contributed by atoms with Crippen molar-refractivity contribution in [3.05, 3.63) is 62.1 Å². The van der Waals surface area contributed by atoms with E-state index in [9.17, 15) is 28.4 Å². The van der Waals surface area contributed by atoms with Crippen molar-refractivity contribution in [3.8, 4) is 5.75 Å². The van der Waals surface area contributed by atoms with E-state index >= 15 is 0 Å². The first kappa shape index (κ1) is 17.7. The maximum absolute atomic E-state index is 12.4. The van der Waals surface area contributed by atoms with Crippen LogP contribution in [-0.4, -0.2) is 16.2 Å². The van der Waals surface area contributed by atoms with Gasteiger partial charge in [0, 0.05) is 17.7 Å². The van der Waals surface area contributed by atoms with Crippen LogP contribution in [0.15, 0.2) is 46.0 Å². The first-order valence-electron chi connectivity index (χ1n) is 6.31. The SMILES string of the molecule is O=[N+]([O-])c1cc(Br)c(O)c(/C=N/Nc2ccc(C(F)(F)F)cc2)c1. The van der Waals surface area contributed by atoms with Gasteiger partial charge in [-0.25, -0.2) is 0 Å². The monoisotopic (exact) mass is 403 g/mol. The average molecular weight is 404 g/mol. The van der Waals surface area contributed by atoms with Gasteiger partial charge in [0.05, 0.1) is 26.9 Å². The quantitative estimate of drug-likeness (QED) is 0.446. The molecule has 2 aromatic carbocycles. The first-order valence-corrected chi connectivity index (χ1v) is 7.11. The molecule has 0 saturated carbocycles. The standard InChI is InChI=1S/C14H9BrF3N3O3/c15-12-6-11(21(23)24)5-8(13(12)22)7-19-20-10-3-1-9(2-4-10)14(16,17)18/h1-7,20,22H/b19-7+. The molecular weight excluding hydrogens is 395 g/mol. The number of phenolic OH excluding ortho intramolecular Hbond substituents is 1. The van der Waals surface area contributed by atoms with Gasteiger partial charge in [0.15, 0.2) is 0 Å². The zero-order valence-electron chi connectivity index (χ0n) is 11.7. The predicted octanol–water partition coefficient (Wildman–Crippen LogP) is 4.53. The van der Waals surface area contributed by atoms with Crippen LogP contribution in [0.3, 0.4) is 0 Å². The molecule has 0 radical (unpaired) electrons. The number of aromatic hydroxyl groups is 1. The lowest BCUT2D eigenvalue weighted by molar-refractivity contribution is -0.385. The second kappa shape index (κ2) is 6.87. The van der Waals surface area contributed by atoms with E-state index in [4.69, 9.17) is 0 Å². The number of nitrogens with zero attached hydrogens (tertiary/aromatic N) is 2. The fraction of sp³-hybridized carbons (Fsp3) is 0.0714. The van der Waals surface area contributed by atoms with Gasteiger partial charge in [-0.05, 0) is 40.2 Å². The summed E-state index contributed by atoms with van der Waals surface area (Å²) in [4.78, 5) is 10.1. The van der Waals surface area contributed by atoms with Crippen LogP contribution in [0, 0.1) is 10.1 Å². The molecule has 6 nitrogen and oxygen atoms in total. The number of nitro groups is 1. The minimum absolute atomic E-state index is 0.0653. The number of rotatable bonds is 4. The van der Waals surface area contributed by atoms with E-state index in [0.717, 1.165) is 30.5 Å². The molecular formula is C14H9BrF3N3O3. The molecule has 0 saturated heterocycles. The van der Waals surface area contributed by atoms with Gasteiger partial charge in [-0.2, -0.15) is 18.3 Å². The smallest absolute Gasteiger partial charge is 0.416 e. The highest BCUT2D eigenvalue weighted by Crippen LogP contribution is 2.32. The molecule has 0 spiro atoms. The lowest BCUT2D eigenvalue weighted by atomic mass is 10.2. The third-order valence-corrected chi connectivity index (χ3v) is 3.50. The molecule has 0 aliphatic carbocycles. The third kappa shape index (κ3) is 4.22. The lowest BCUT2D eigenvalue weighted by Crippen LogP contribution is -2.04. The molecule has 2 N–H and O–H groups in total. The van der Waals surface area contributed by atoms with Crippen LogP contribution < -0.4 is 5.43 Å². The summed E-state index contributed by atoms with van der Waals surface area (Å²) in [5.74, 6) is -0.251. The van der Waals surface area contributed by atoms with Crippen molar-refractivity contribution in [2.75, 3.05) is 5.43 Å². The van der Waals surface area contributed by atoms with Gasteiger partial charge < -0.3 is 5.11 Å². The summed E-state index contributed by atoms with van der Waals surface area (Å²) in [6.07, 6.45) is -3.31. The molecule has 126 valence electrons. The molecule has 0 unspecified atom stereocenters. The van der Waals surface area contributed by atoms with Gasteiger partial charge >= 0.3 is 6.18 Å². The fourth-order valence-electron chi connectivity index (χ4n) is 1.72. The molecule has 0 fully saturated rings. The molecule has 0 atom stereocenters. The number of alkyl halides is 3. The summed E-state index contributed by atoms with van der Waals surface area (Å²) < 4.78 is 37.4. The number of benzene rings is 2. The van der Waals surface area contributed by atoms with Gasteiger partial charge in [0.2, 0.25) is 0 Å². The third-order valence-electron chi connectivity index (χ3n) is 2.90. The summed E-state index contributed by atoms with van der Waals surface area (Å²) in [5.41, 5.74) is 1.77. The highest BCUT2D eigenvalue weighted by molar-refractivity contribution is 9.10. The van der Waals surface area contributed by atoms with E-state index in [1.54, 1.807) is 0 Å². The Balaban J connectivity index is 2.16. The maximum atomic E-state index is 12.4. The highest BCUT2D eigenvalue weighted by atomic mass is 79.9. The number of phenols is 1. The fourth-order valence-corrected chi connectivity index (χ4v) is 2.18. The van der Waals surface area contributed by atoms with E-state index in [1.165, 1.54) is 12.1 Å². The number of hydrogen-bond acceptors (Lipinski definition) is 5. The topological polar surface area (TPSA) is 87.8 Å². The van der Waals surface area contributed by atoms with Crippen molar-refractivity contribution in [1.29, 1.82) is 0 Å². The molecule has 24 heavy (non-hydrogen) atoms. The number of halogens is 4. The van der Waals surface area contributed by atoms with Crippen molar-refractivity contribution in [3.63, 3.8) is 0 Å². The summed E-state index contributed by atoms with van der Waals surface area (Å²) in [6, 6.07) is 6.39. The van der Waals surface area contributed by atoms with Crippen LogP contribution in [0.25, 0.3) is 0 Å². The summed E-state index contributed by atoms with van der Waals surface area (Å²) in [6.45, 7) is 0. The summed E-state index contributed by atoms with van der Waals surface area (Å²) >= 11 is 2.99. The van der Waals surface area contributed by atoms with Crippen LogP contribution in [0.2, 0.25) is 0 Å². The van der Waals surface area contributed by atoms with Crippen LogP contribution in [-0.2, 0) is 6.18 Å². The number of anilines is 1. The van der Waals surface area contributed by atoms with Gasteiger partial charge in [-0.1, -0.05) is 0 Å². The number of hydrogen-bond donors (Lipinski definition) is 2. The molecule has 0 aliphatic heterocycles. The average Bonchev–Trinajstić information content (AvgIpc) is 2.50. The minimum atomic E-state index is -4.43. The number of non-ortho nitro benzene ring substituents is 1. The molecule has 2 aromatic rings. The Morgan fingerprint density at radius 1 is 1.25 bits per heavy atom. The van der Waals surface area contributed by atoms with E-state index in [-0.39, 0.29) is 27.2 Å². The molecule has 2 rings (SSSR count). The van der Waals surface area contributed by atoms with E-state index in [2.05, 4.69) is 26.5 Å². The Morgan fingerprint density at radius 3 is 2.42 bits per heavy atom. The van der Waals surface area contributed by atoms with E-state index < -0.39 is 16.7 Å². The van der Waals surface area contributed by atoms with Crippen molar-refractivity contribution >= 4 is 33.5 Å². The predicted molar refractivity (Wildman–Crippen MR) is 85.1 cm³/mol. The summed E-state index contributed by atoms with van der Waals surface area (Å²) in [5, 5.41) is 24.3. The van der Waals surface area contributed by atoms with Crippen LogP contribution in [0.5, 0.6) is 5.75 Å². The minimum Gasteiger partial charge on any atom is -0.506 e. The number of hydrazone groups is 1. The van der Waals surface area contributed by atoms with Crippen molar-refractivity contribution in [1.82, 2.24) is 0 Å². The highest BCUT2D eigenvalue weighted by Gasteiger charge is 2.29. The first-order chi connectivity index (χ1) is 11.2. The van der Waals surface area contributed by atoms with Crippen LogP contribution in [0.1, 0.15) is 11.1 Å². The molecule has 0 aliphatic rings. The van der Waals surface area contributed by atoms with Crippen molar-refractivity contribution in [2.24, 2.45) is 5.10 Å². The summed E-state index contributed by atoms with van der Waals surface area (Å²) in [7, 11) is 0. The largest absolute Gasteiger partial charge is 0.506 e. The van der Waals surface area contributed by atoms with Gasteiger partial charge in [0.25, 0.3) is 5.69 Å². The van der Waals surface area contributed by atoms with E-state index in [0.29, 0.717) is 0 Å². The van der Waals surface area contributed by atoms with Gasteiger partial charge in [-0.15, -0.1) is 0 Å². The second-order valence-electron chi connectivity index (χ2n) is 4.57. The zero-order chi connectivity index (χ0) is 17.9.